The van der Waals surface area contributed by atoms with Crippen LogP contribution in [0.2, 0.25) is 0 Å². The molecule has 0 aromatic heterocycles. The van der Waals surface area contributed by atoms with E-state index in [9.17, 15) is 9.59 Å². The van der Waals surface area contributed by atoms with Crippen molar-refractivity contribution in [2.75, 3.05) is 6.61 Å². The Bertz CT molecular complexity index is 388. The van der Waals surface area contributed by atoms with E-state index >= 15 is 0 Å². The average Bonchev–Trinajstić information content (AvgIpc) is 2.26. The van der Waals surface area contributed by atoms with Crippen LogP contribution >= 0.6 is 15.9 Å². The minimum atomic E-state index is -0.328. The molecule has 0 bridgehead atoms. The molecule has 3 nitrogen and oxygen atoms in total. The van der Waals surface area contributed by atoms with Crippen molar-refractivity contribution < 1.29 is 14.3 Å². The van der Waals surface area contributed by atoms with Crippen molar-refractivity contribution in [1.29, 1.82) is 0 Å². The summed E-state index contributed by atoms with van der Waals surface area (Å²) < 4.78 is 5.67. The lowest BCUT2D eigenvalue weighted by Crippen LogP contribution is -2.13. The predicted octanol–water partition coefficient (Wildman–Crippen LogP) is 2.98. The quantitative estimate of drug-likeness (QED) is 0.617. The molecular weight excluding hydrogens is 272 g/mol. The van der Waals surface area contributed by atoms with E-state index in [4.69, 9.17) is 4.74 Å². The van der Waals surface area contributed by atoms with Crippen molar-refractivity contribution in [2.24, 2.45) is 0 Å². The van der Waals surface area contributed by atoms with Gasteiger partial charge in [0.25, 0.3) is 0 Å². The monoisotopic (exact) mass is 284 g/mol. The minimum Gasteiger partial charge on any atom is -0.457 e. The number of hydrogen-bond acceptors (Lipinski definition) is 3. The zero-order valence-electron chi connectivity index (χ0n) is 9.03. The van der Waals surface area contributed by atoms with Crippen LogP contribution in [0, 0.1) is 0 Å². The third-order valence-electron chi connectivity index (χ3n) is 1.96. The van der Waals surface area contributed by atoms with Crippen molar-refractivity contribution in [1.82, 2.24) is 0 Å². The molecule has 0 saturated carbocycles. The van der Waals surface area contributed by atoms with Gasteiger partial charge in [-0.25, -0.2) is 0 Å². The molecular formula is C12H13BrO3. The van der Waals surface area contributed by atoms with Crippen molar-refractivity contribution in [3.05, 3.63) is 34.3 Å². The van der Waals surface area contributed by atoms with Crippen LogP contribution in [-0.2, 0) is 9.53 Å². The standard InChI is InChI=1S/C12H13BrO3/c1-2-4-12(15)16-8-11(14)9-5-3-6-10(13)7-9/h3,5-7H,2,4,8H2,1H3. The number of ether oxygens (including phenoxy) is 1. The Morgan fingerprint density at radius 3 is 2.75 bits per heavy atom. The molecule has 4 heteroatoms. The zero-order chi connectivity index (χ0) is 12.0. The Hall–Kier alpha value is -1.16. The van der Waals surface area contributed by atoms with Gasteiger partial charge in [-0.05, 0) is 18.6 Å². The molecule has 0 amide bonds. The van der Waals surface area contributed by atoms with Gasteiger partial charge < -0.3 is 4.74 Å². The van der Waals surface area contributed by atoms with Crippen LogP contribution in [0.3, 0.4) is 0 Å². The van der Waals surface area contributed by atoms with Gasteiger partial charge in [0.15, 0.2) is 12.4 Å². The summed E-state index contributed by atoms with van der Waals surface area (Å²) in [5.41, 5.74) is 0.540. The summed E-state index contributed by atoms with van der Waals surface area (Å²) in [5, 5.41) is 0. The molecule has 0 saturated heterocycles. The maximum absolute atomic E-state index is 11.6. The number of rotatable bonds is 5. The van der Waals surface area contributed by atoms with Crippen LogP contribution in [0.5, 0.6) is 0 Å². The van der Waals surface area contributed by atoms with Gasteiger partial charge in [-0.3, -0.25) is 9.59 Å². The number of carbonyl (C=O) groups excluding carboxylic acids is 2. The lowest BCUT2D eigenvalue weighted by Gasteiger charge is -2.03. The van der Waals surface area contributed by atoms with Crippen molar-refractivity contribution in [3.8, 4) is 0 Å². The summed E-state index contributed by atoms with van der Waals surface area (Å²) in [6, 6.07) is 7.00. The maximum Gasteiger partial charge on any atom is 0.306 e. The Labute approximate surface area is 103 Å². The molecule has 0 fully saturated rings. The number of benzene rings is 1. The van der Waals surface area contributed by atoms with Crippen LogP contribution in [-0.4, -0.2) is 18.4 Å². The number of halogens is 1. The highest BCUT2D eigenvalue weighted by Crippen LogP contribution is 2.12. The fraction of sp³-hybridized carbons (Fsp3) is 0.333. The van der Waals surface area contributed by atoms with Crippen LogP contribution in [0.4, 0.5) is 0 Å². The summed E-state index contributed by atoms with van der Waals surface area (Å²) in [6.07, 6.45) is 1.08. The lowest BCUT2D eigenvalue weighted by molar-refractivity contribution is -0.142. The Kier molecular flexibility index (Phi) is 5.19. The molecule has 0 aliphatic carbocycles. The van der Waals surface area contributed by atoms with Crippen molar-refractivity contribution >= 4 is 27.7 Å². The molecule has 1 aromatic rings. The molecule has 1 aromatic carbocycles. The average molecular weight is 285 g/mol. The molecule has 0 unspecified atom stereocenters. The van der Waals surface area contributed by atoms with Gasteiger partial charge in [0, 0.05) is 16.5 Å². The number of hydrogen-bond donors (Lipinski definition) is 0. The second kappa shape index (κ2) is 6.43. The maximum atomic E-state index is 11.6. The molecule has 0 aliphatic rings. The molecule has 86 valence electrons. The summed E-state index contributed by atoms with van der Waals surface area (Å²) in [7, 11) is 0. The highest BCUT2D eigenvalue weighted by Gasteiger charge is 2.09. The molecule has 0 atom stereocenters. The van der Waals surface area contributed by atoms with Gasteiger partial charge in [-0.2, -0.15) is 0 Å². The first-order chi connectivity index (χ1) is 7.63. The first-order valence-electron chi connectivity index (χ1n) is 5.08. The topological polar surface area (TPSA) is 43.4 Å². The molecule has 0 spiro atoms. The van der Waals surface area contributed by atoms with Gasteiger partial charge in [0.05, 0.1) is 0 Å². The molecule has 0 N–H and O–H groups in total. The van der Waals surface area contributed by atoms with Gasteiger partial charge in [0.2, 0.25) is 0 Å². The minimum absolute atomic E-state index is 0.185. The van der Waals surface area contributed by atoms with Gasteiger partial charge in [-0.1, -0.05) is 35.0 Å². The molecule has 0 heterocycles. The second-order valence-electron chi connectivity index (χ2n) is 3.34. The number of carbonyl (C=O) groups is 2. The number of esters is 1. The second-order valence-corrected chi connectivity index (χ2v) is 4.26. The van der Waals surface area contributed by atoms with Crippen LogP contribution < -0.4 is 0 Å². The van der Waals surface area contributed by atoms with E-state index in [0.717, 1.165) is 10.9 Å². The van der Waals surface area contributed by atoms with E-state index in [-0.39, 0.29) is 18.4 Å². The van der Waals surface area contributed by atoms with E-state index in [0.29, 0.717) is 12.0 Å². The van der Waals surface area contributed by atoms with Gasteiger partial charge in [0.1, 0.15) is 0 Å². The first-order valence-corrected chi connectivity index (χ1v) is 5.87. The fourth-order valence-electron chi connectivity index (χ4n) is 1.17. The summed E-state index contributed by atoms with van der Waals surface area (Å²) in [4.78, 5) is 22.7. The largest absolute Gasteiger partial charge is 0.457 e. The SMILES string of the molecule is CCCC(=O)OCC(=O)c1cccc(Br)c1. The normalized spacial score (nSPS) is 9.88. The first kappa shape index (κ1) is 12.9. The molecule has 1 rings (SSSR count). The highest BCUT2D eigenvalue weighted by atomic mass is 79.9. The fourth-order valence-corrected chi connectivity index (χ4v) is 1.57. The van der Waals surface area contributed by atoms with Gasteiger partial charge >= 0.3 is 5.97 Å². The zero-order valence-corrected chi connectivity index (χ0v) is 10.6. The van der Waals surface area contributed by atoms with Crippen LogP contribution in [0.15, 0.2) is 28.7 Å². The Morgan fingerprint density at radius 2 is 2.12 bits per heavy atom. The lowest BCUT2D eigenvalue weighted by atomic mass is 10.1. The summed E-state index contributed by atoms with van der Waals surface area (Å²) >= 11 is 3.28. The number of ketones is 1. The molecule has 16 heavy (non-hydrogen) atoms. The predicted molar refractivity (Wildman–Crippen MR) is 64.3 cm³/mol. The van der Waals surface area contributed by atoms with Crippen molar-refractivity contribution in [3.63, 3.8) is 0 Å². The molecule has 0 aliphatic heterocycles. The van der Waals surface area contributed by atoms with Crippen molar-refractivity contribution in [2.45, 2.75) is 19.8 Å². The van der Waals surface area contributed by atoms with Crippen LogP contribution in [0.25, 0.3) is 0 Å². The van der Waals surface area contributed by atoms with E-state index in [1.165, 1.54) is 0 Å². The third kappa shape index (κ3) is 4.14. The number of Topliss-reactive ketones (excluding diaryl/α,β-unsaturated/α-hetero) is 1. The van der Waals surface area contributed by atoms with E-state index in [1.54, 1.807) is 18.2 Å². The van der Waals surface area contributed by atoms with E-state index in [1.807, 2.05) is 13.0 Å². The molecule has 0 radical (unpaired) electrons. The van der Waals surface area contributed by atoms with E-state index < -0.39 is 0 Å². The summed E-state index contributed by atoms with van der Waals surface area (Å²) in [6.45, 7) is 1.70. The smallest absolute Gasteiger partial charge is 0.306 e. The Morgan fingerprint density at radius 1 is 1.38 bits per heavy atom. The highest BCUT2D eigenvalue weighted by molar-refractivity contribution is 9.10. The van der Waals surface area contributed by atoms with Crippen LogP contribution in [0.1, 0.15) is 30.1 Å². The van der Waals surface area contributed by atoms with E-state index in [2.05, 4.69) is 15.9 Å². The third-order valence-corrected chi connectivity index (χ3v) is 2.46. The Balaban J connectivity index is 2.50. The summed E-state index contributed by atoms with van der Waals surface area (Å²) in [5.74, 6) is -0.517. The van der Waals surface area contributed by atoms with Gasteiger partial charge in [-0.15, -0.1) is 0 Å².